The van der Waals surface area contributed by atoms with Gasteiger partial charge in [-0.15, -0.1) is 0 Å². The summed E-state index contributed by atoms with van der Waals surface area (Å²) in [4.78, 5) is 35.5. The van der Waals surface area contributed by atoms with Gasteiger partial charge in [-0.1, -0.05) is 0 Å². The van der Waals surface area contributed by atoms with Crippen LogP contribution in [0.25, 0.3) is 0 Å². The minimum Gasteiger partial charge on any atom is -0.497 e. The summed E-state index contributed by atoms with van der Waals surface area (Å²) in [6.45, 7) is -0.860. The number of hydrogen-bond acceptors (Lipinski definition) is 12. The average Bonchev–Trinajstić information content (AvgIpc) is 2.86. The molecule has 1 aromatic carbocycles. The molecule has 6 atom stereocenters. The fraction of sp³-hybridized carbons (Fsp3) is 0.500. The zero-order valence-corrected chi connectivity index (χ0v) is 17.3. The summed E-state index contributed by atoms with van der Waals surface area (Å²) in [5.74, 6) is 0.818. The maximum atomic E-state index is 11.7. The molecule has 1 aromatic rings. The van der Waals surface area contributed by atoms with Crippen LogP contribution in [-0.2, 0) is 27.0 Å². The fourth-order valence-corrected chi connectivity index (χ4v) is 4.86. The molecule has 29 heavy (non-hydrogen) atoms. The maximum Gasteiger partial charge on any atom is 0.487 e. The van der Waals surface area contributed by atoms with Crippen LogP contribution in [0.3, 0.4) is 0 Å². The Morgan fingerprint density at radius 3 is 2.17 bits per heavy atom. The summed E-state index contributed by atoms with van der Waals surface area (Å²) in [5.41, 5.74) is 0. The Balaban J connectivity index is 1.92. The van der Waals surface area contributed by atoms with Crippen molar-refractivity contribution in [2.45, 2.75) is 24.6 Å². The lowest BCUT2D eigenvalue weighted by molar-refractivity contribution is -0.115. The van der Waals surface area contributed by atoms with Crippen LogP contribution in [0.5, 0.6) is 11.5 Å². The van der Waals surface area contributed by atoms with Crippen molar-refractivity contribution in [1.29, 1.82) is 0 Å². The van der Waals surface area contributed by atoms with Gasteiger partial charge in [-0.25, -0.2) is 13.4 Å². The highest BCUT2D eigenvalue weighted by molar-refractivity contribution is 7.65. The van der Waals surface area contributed by atoms with Crippen LogP contribution in [-0.4, -0.2) is 68.1 Å². The number of rotatable bonds is 10. The van der Waals surface area contributed by atoms with Crippen LogP contribution in [0, 0.1) is 0 Å². The van der Waals surface area contributed by atoms with Crippen LogP contribution in [0.4, 0.5) is 0 Å². The van der Waals surface area contributed by atoms with Crippen LogP contribution >= 0.6 is 24.2 Å². The Morgan fingerprint density at radius 2 is 1.62 bits per heavy atom. The lowest BCUT2D eigenvalue weighted by atomic mass is 10.1. The van der Waals surface area contributed by atoms with Crippen molar-refractivity contribution in [2.24, 2.45) is 0 Å². The topological polar surface area (TPSA) is 211 Å². The van der Waals surface area contributed by atoms with Crippen molar-refractivity contribution in [3.63, 3.8) is 0 Å². The van der Waals surface area contributed by atoms with E-state index in [9.17, 15) is 24.2 Å². The molecular formula is C12H19O14P3. The number of benzene rings is 1. The molecule has 0 saturated carbocycles. The first kappa shape index (κ1) is 24.6. The van der Waals surface area contributed by atoms with Gasteiger partial charge in [0.05, 0.1) is 13.7 Å². The Kier molecular flexibility index (Phi) is 8.54. The highest BCUT2D eigenvalue weighted by Crippen LogP contribution is 2.64. The van der Waals surface area contributed by atoms with Crippen molar-refractivity contribution in [3.05, 3.63) is 24.3 Å². The second kappa shape index (κ2) is 10.1. The van der Waals surface area contributed by atoms with Gasteiger partial charge in [-0.2, -0.15) is 4.31 Å². The molecule has 0 aromatic heterocycles. The molecule has 2 rings (SSSR count). The second-order valence-corrected chi connectivity index (χ2v) is 9.41. The zero-order valence-electron chi connectivity index (χ0n) is 14.6. The first-order chi connectivity index (χ1) is 13.4. The van der Waals surface area contributed by atoms with E-state index in [0.29, 0.717) is 5.75 Å². The van der Waals surface area contributed by atoms with E-state index < -0.39 is 55.5 Å². The van der Waals surface area contributed by atoms with Crippen molar-refractivity contribution in [3.8, 4) is 11.5 Å². The largest absolute Gasteiger partial charge is 0.497 e. The molecule has 0 aliphatic carbocycles. The van der Waals surface area contributed by atoms with Crippen molar-refractivity contribution < 1.29 is 66.3 Å². The van der Waals surface area contributed by atoms with Gasteiger partial charge in [0.2, 0.25) is 6.29 Å². The monoisotopic (exact) mass is 480 g/mol. The Hall–Kier alpha value is -0.690. The average molecular weight is 480 g/mol. The van der Waals surface area contributed by atoms with E-state index in [1.807, 2.05) is 0 Å². The first-order valence-corrected chi connectivity index (χ1v) is 11.8. The SMILES string of the molecule is COc1ccc(O[C@@H]2O[C@H](COP(=O)(O)OP(=O)(O)OP(O)O)[C@@H](O)[C@H]2O)cc1. The van der Waals surface area contributed by atoms with E-state index in [1.165, 1.54) is 19.2 Å². The van der Waals surface area contributed by atoms with Crippen molar-refractivity contribution in [1.82, 2.24) is 0 Å². The van der Waals surface area contributed by atoms with Crippen LogP contribution in [0.1, 0.15) is 0 Å². The molecule has 6 N–H and O–H groups in total. The van der Waals surface area contributed by atoms with Crippen molar-refractivity contribution >= 4 is 24.2 Å². The summed E-state index contributed by atoms with van der Waals surface area (Å²) >= 11 is 0. The van der Waals surface area contributed by atoms with E-state index in [2.05, 4.69) is 13.1 Å². The third kappa shape index (κ3) is 7.50. The molecule has 2 unspecified atom stereocenters. The normalized spacial score (nSPS) is 28.7. The van der Waals surface area contributed by atoms with Gasteiger partial charge >= 0.3 is 24.2 Å². The van der Waals surface area contributed by atoms with Crippen LogP contribution in [0.15, 0.2) is 24.3 Å². The molecule has 1 aliphatic heterocycles. The minimum atomic E-state index is -5.32. The summed E-state index contributed by atoms with van der Waals surface area (Å²) in [5, 5.41) is 20.0. The van der Waals surface area contributed by atoms with Gasteiger partial charge in [0.15, 0.2) is 0 Å². The predicted octanol–water partition coefficient (Wildman–Crippen LogP) is -0.0172. The van der Waals surface area contributed by atoms with E-state index in [-0.39, 0.29) is 5.75 Å². The number of phosphoric acid groups is 2. The van der Waals surface area contributed by atoms with Gasteiger partial charge in [0.1, 0.15) is 29.8 Å². The van der Waals surface area contributed by atoms with E-state index in [0.717, 1.165) is 0 Å². The molecule has 0 radical (unpaired) electrons. The first-order valence-electron chi connectivity index (χ1n) is 7.64. The van der Waals surface area contributed by atoms with E-state index in [1.54, 1.807) is 12.1 Å². The summed E-state index contributed by atoms with van der Waals surface area (Å²) < 4.78 is 50.5. The number of aliphatic hydroxyl groups excluding tert-OH is 2. The molecular weight excluding hydrogens is 461 g/mol. The third-order valence-corrected chi connectivity index (χ3v) is 6.95. The smallest absolute Gasteiger partial charge is 0.487 e. The number of phosphoric ester groups is 1. The summed E-state index contributed by atoms with van der Waals surface area (Å²) in [6.07, 6.45) is -5.88. The number of ether oxygens (including phenoxy) is 3. The van der Waals surface area contributed by atoms with E-state index >= 15 is 0 Å². The number of methoxy groups -OCH3 is 1. The Morgan fingerprint density at radius 1 is 1.03 bits per heavy atom. The Labute approximate surface area is 165 Å². The van der Waals surface area contributed by atoms with Gasteiger partial charge < -0.3 is 44.0 Å². The third-order valence-electron chi connectivity index (χ3n) is 3.41. The van der Waals surface area contributed by atoms with Gasteiger partial charge in [-0.05, 0) is 24.3 Å². The van der Waals surface area contributed by atoms with Crippen LogP contribution in [0.2, 0.25) is 0 Å². The summed E-state index contributed by atoms with van der Waals surface area (Å²) in [6, 6.07) is 6.17. The lowest BCUT2D eigenvalue weighted by Gasteiger charge is -2.19. The standard InChI is InChI=1S/C12H19O14P3/c1-21-7-2-4-8(5-3-7)23-12-11(14)10(13)9(24-12)6-22-28(17,18)26-29(19,20)25-27(15)16/h2-5,9-16H,6H2,1H3,(H,17,18)(H,19,20)/t9-,10-,11-,12-/m1/s1. The second-order valence-electron chi connectivity index (χ2n) is 5.47. The number of hydrogen-bond donors (Lipinski definition) is 6. The molecule has 1 saturated heterocycles. The minimum absolute atomic E-state index is 0.266. The molecule has 0 amide bonds. The predicted molar refractivity (Wildman–Crippen MR) is 93.4 cm³/mol. The van der Waals surface area contributed by atoms with Crippen molar-refractivity contribution in [2.75, 3.05) is 13.7 Å². The molecule has 166 valence electrons. The van der Waals surface area contributed by atoms with Crippen LogP contribution < -0.4 is 9.47 Å². The van der Waals surface area contributed by atoms with Gasteiger partial charge in [0, 0.05) is 0 Å². The Bertz CT molecular complexity index is 757. The number of aliphatic hydroxyl groups is 2. The molecule has 1 aliphatic rings. The molecule has 0 spiro atoms. The highest BCUT2D eigenvalue weighted by Gasteiger charge is 2.46. The molecule has 1 fully saturated rings. The van der Waals surface area contributed by atoms with E-state index in [4.69, 9.17) is 28.9 Å². The highest BCUT2D eigenvalue weighted by atomic mass is 31.3. The molecule has 1 heterocycles. The summed E-state index contributed by atoms with van der Waals surface area (Å²) in [7, 11) is -12.4. The zero-order chi connectivity index (χ0) is 21.8. The quantitative estimate of drug-likeness (QED) is 0.243. The maximum absolute atomic E-state index is 11.7. The lowest BCUT2D eigenvalue weighted by Crippen LogP contribution is -2.35. The fourth-order valence-electron chi connectivity index (χ4n) is 2.17. The molecule has 14 nitrogen and oxygen atoms in total. The van der Waals surface area contributed by atoms with Gasteiger partial charge in [-0.3, -0.25) is 4.52 Å². The van der Waals surface area contributed by atoms with Gasteiger partial charge in [0.25, 0.3) is 0 Å². The molecule has 0 bridgehead atoms. The molecule has 17 heteroatoms.